The van der Waals surface area contributed by atoms with E-state index in [-0.39, 0.29) is 28.7 Å². The van der Waals surface area contributed by atoms with Gasteiger partial charge < -0.3 is 30.2 Å². The topological polar surface area (TPSA) is 185 Å². The highest BCUT2D eigenvalue weighted by atomic mass is 31.2. The number of aliphatic hydroxyl groups is 1. The number of alkyl halides is 1. The van der Waals surface area contributed by atoms with Crippen molar-refractivity contribution in [3.05, 3.63) is 36.7 Å². The van der Waals surface area contributed by atoms with Gasteiger partial charge in [-0.15, -0.1) is 0 Å². The van der Waals surface area contributed by atoms with Crippen molar-refractivity contribution < 1.29 is 41.5 Å². The lowest BCUT2D eigenvalue weighted by molar-refractivity contribution is -0.149. The number of para-hydroxylation sites is 1. The number of fused-ring (bicyclic) bond motifs is 1. The van der Waals surface area contributed by atoms with Gasteiger partial charge in [0.15, 0.2) is 28.9 Å². The lowest BCUT2D eigenvalue weighted by Crippen LogP contribution is -2.41. The lowest BCUT2D eigenvalue weighted by Gasteiger charge is -2.25. The van der Waals surface area contributed by atoms with Gasteiger partial charge >= 0.3 is 13.7 Å². The van der Waals surface area contributed by atoms with Crippen LogP contribution in [-0.2, 0) is 23.4 Å². The Kier molecular flexibility index (Phi) is 7.44. The minimum Gasteiger partial charge on any atom is -0.462 e. The van der Waals surface area contributed by atoms with Crippen LogP contribution in [-0.4, -0.2) is 74.2 Å². The first-order chi connectivity index (χ1) is 20.0. The van der Waals surface area contributed by atoms with Crippen molar-refractivity contribution in [3.8, 4) is 5.75 Å². The number of carbonyl (C=O) groups excluding carboxylic acids is 1. The summed E-state index contributed by atoms with van der Waals surface area (Å²) in [5.41, 5.74) is 3.18. The van der Waals surface area contributed by atoms with E-state index in [9.17, 15) is 14.5 Å². The summed E-state index contributed by atoms with van der Waals surface area (Å²) < 4.78 is 75.5. The number of aromatic nitrogens is 4. The highest BCUT2D eigenvalue weighted by Crippen LogP contribution is 2.48. The maximum absolute atomic E-state index is 16.1. The Morgan fingerprint density at radius 2 is 2.08 bits per heavy atom. The maximum Gasteiger partial charge on any atom is 0.459 e. The number of nitrogens with zero attached hydrogens (tertiary/aromatic N) is 4. The van der Waals surface area contributed by atoms with E-state index in [1.54, 1.807) is 32.0 Å². The highest BCUT2D eigenvalue weighted by molar-refractivity contribution is 7.52. The van der Waals surface area contributed by atoms with Crippen molar-refractivity contribution in [1.29, 1.82) is 0 Å². The van der Waals surface area contributed by atoms with Crippen LogP contribution in [0.15, 0.2) is 36.7 Å². The minimum atomic E-state index is -4.35. The molecule has 0 bridgehead atoms. The van der Waals surface area contributed by atoms with Crippen LogP contribution in [0.25, 0.3) is 11.2 Å². The molecule has 14 nitrogen and oxygen atoms in total. The maximum atomic E-state index is 16.1. The van der Waals surface area contributed by atoms with Gasteiger partial charge in [0, 0.05) is 11.1 Å². The molecule has 218 valence electrons. The van der Waals surface area contributed by atoms with Gasteiger partial charge in [-0.25, -0.2) is 13.9 Å². The zero-order chi connectivity index (χ0) is 31.7. The first-order valence-electron chi connectivity index (χ1n) is 13.8. The highest BCUT2D eigenvalue weighted by Gasteiger charge is 2.56. The Labute approximate surface area is 234 Å². The van der Waals surface area contributed by atoms with Gasteiger partial charge in [-0.2, -0.15) is 15.1 Å². The molecule has 0 radical (unpaired) electrons. The molecule has 3 aromatic rings. The Bertz CT molecular complexity index is 1500. The normalized spacial score (nSPS) is 26.5. The molecule has 5 N–H and O–H groups in total. The summed E-state index contributed by atoms with van der Waals surface area (Å²) in [6, 6.07) is 6.86. The van der Waals surface area contributed by atoms with E-state index in [1.165, 1.54) is 19.1 Å². The van der Waals surface area contributed by atoms with Gasteiger partial charge in [-0.05, 0) is 39.8 Å². The van der Waals surface area contributed by atoms with Crippen molar-refractivity contribution in [1.82, 2.24) is 24.6 Å². The van der Waals surface area contributed by atoms with Gasteiger partial charge in [-0.3, -0.25) is 13.9 Å². The Balaban J connectivity index is 1.58. The number of imidazole rings is 1. The molecule has 0 unspecified atom stereocenters. The van der Waals surface area contributed by atoms with Crippen LogP contribution in [0.3, 0.4) is 0 Å². The van der Waals surface area contributed by atoms with Gasteiger partial charge in [-0.1, -0.05) is 18.2 Å². The summed E-state index contributed by atoms with van der Waals surface area (Å²) in [6.07, 6.45) is -4.08. The molecule has 3 heterocycles. The zero-order valence-corrected chi connectivity index (χ0v) is 23.0. The number of halogens is 1. The number of ether oxygens (including phenoxy) is 2. The van der Waals surface area contributed by atoms with Crippen molar-refractivity contribution in [2.45, 2.75) is 63.9 Å². The van der Waals surface area contributed by atoms with Gasteiger partial charge in [0.2, 0.25) is 5.95 Å². The molecule has 16 heteroatoms. The molecule has 0 aliphatic carbocycles. The molecule has 0 spiro atoms. The van der Waals surface area contributed by atoms with Crippen molar-refractivity contribution in [2.75, 3.05) is 24.6 Å². The molecule has 1 saturated heterocycles. The summed E-state index contributed by atoms with van der Waals surface area (Å²) in [6.45, 7) is 2.50. The fraction of sp³-hybridized carbons (Fsp3) is 0.500. The SMILES string of the molecule is [2H]C([2H])([2H])Nc1nc(N)nc2c1ncn2[C@@H]1O[C@H](CO[P@@](=O)(N[C@@H](C)C(=O)OC(C)C)Oc2ccccc2)[C@@H](O)[C@@]1(C)F. The number of nitrogens with two attached hydrogens (primary N) is 1. The Hall–Kier alpha value is -3.36. The standard InChI is InChI=1S/C24H33FN7O7P/c1-13(2)37-21(34)14(3)31-40(35,39-15-9-7-6-8-10-15)36-11-16-18(33)24(4,25)22(38-16)32-12-28-17-19(27-5)29-23(26)30-20(17)32/h6-10,12-14,16,18,22,33H,11H2,1-5H3,(H,31,35)(H3,26,27,29,30)/t14-,16+,18+,22+,24+,40-/m0/s1/i5D3. The predicted octanol–water partition coefficient (Wildman–Crippen LogP) is 2.57. The molecule has 1 aromatic carbocycles. The second-order valence-electron chi connectivity index (χ2n) is 9.54. The summed E-state index contributed by atoms with van der Waals surface area (Å²) in [5, 5.41) is 15.6. The van der Waals surface area contributed by atoms with Gasteiger partial charge in [0.1, 0.15) is 24.0 Å². The number of carbonyl (C=O) groups is 1. The van der Waals surface area contributed by atoms with E-state index in [0.29, 0.717) is 0 Å². The van der Waals surface area contributed by atoms with Crippen molar-refractivity contribution >= 4 is 36.6 Å². The number of hydrogen-bond donors (Lipinski definition) is 4. The van der Waals surface area contributed by atoms with Crippen molar-refractivity contribution in [2.24, 2.45) is 0 Å². The number of anilines is 2. The minimum absolute atomic E-state index is 0.0360. The summed E-state index contributed by atoms with van der Waals surface area (Å²) in [4.78, 5) is 24.4. The first kappa shape index (κ1) is 25.6. The second-order valence-corrected chi connectivity index (χ2v) is 11.2. The van der Waals surface area contributed by atoms with E-state index in [0.717, 1.165) is 17.8 Å². The molecule has 6 atom stereocenters. The third-order valence-electron chi connectivity index (χ3n) is 5.96. The molecule has 40 heavy (non-hydrogen) atoms. The number of aliphatic hydroxyl groups excluding tert-OH is 1. The molecule has 1 aliphatic heterocycles. The molecule has 2 aromatic heterocycles. The average Bonchev–Trinajstić information content (AvgIpc) is 3.40. The monoisotopic (exact) mass is 584 g/mol. The molecule has 0 amide bonds. The number of benzene rings is 1. The van der Waals surface area contributed by atoms with Crippen LogP contribution < -0.4 is 20.7 Å². The molecule has 0 saturated carbocycles. The van der Waals surface area contributed by atoms with Crippen molar-refractivity contribution in [3.63, 3.8) is 0 Å². The molecule has 4 rings (SSSR count). The number of rotatable bonds is 11. The van der Waals surface area contributed by atoms with E-state index in [1.807, 2.05) is 0 Å². The first-order valence-corrected chi connectivity index (χ1v) is 13.8. The summed E-state index contributed by atoms with van der Waals surface area (Å²) in [5.74, 6) is -1.11. The number of nitrogen functional groups attached to an aromatic ring is 1. The van der Waals surface area contributed by atoms with E-state index < -0.39 is 63.5 Å². The quantitative estimate of drug-likeness (QED) is 0.191. The number of hydrogen-bond acceptors (Lipinski definition) is 12. The molecular formula is C24H33FN7O7P. The van der Waals surface area contributed by atoms with Crippen LogP contribution in [0.1, 0.15) is 38.0 Å². The van der Waals surface area contributed by atoms with E-state index in [4.69, 9.17) is 28.4 Å². The third-order valence-corrected chi connectivity index (χ3v) is 7.61. The van der Waals surface area contributed by atoms with Gasteiger partial charge in [0.05, 0.1) is 19.0 Å². The van der Waals surface area contributed by atoms with Crippen LogP contribution in [0, 0.1) is 0 Å². The fourth-order valence-electron chi connectivity index (χ4n) is 4.05. The van der Waals surface area contributed by atoms with Crippen LogP contribution in [0.5, 0.6) is 5.75 Å². The van der Waals surface area contributed by atoms with Gasteiger partial charge in [0.25, 0.3) is 0 Å². The fourth-order valence-corrected chi connectivity index (χ4v) is 5.55. The second kappa shape index (κ2) is 11.6. The van der Waals surface area contributed by atoms with E-state index >= 15 is 4.39 Å². The Morgan fingerprint density at radius 1 is 1.35 bits per heavy atom. The third kappa shape index (κ3) is 6.18. The molecular weight excluding hydrogens is 548 g/mol. The average molecular weight is 585 g/mol. The predicted molar refractivity (Wildman–Crippen MR) is 143 cm³/mol. The number of esters is 1. The Morgan fingerprint density at radius 3 is 2.75 bits per heavy atom. The van der Waals surface area contributed by atoms with E-state index in [2.05, 4.69) is 25.4 Å². The molecule has 1 aliphatic rings. The summed E-state index contributed by atoms with van der Waals surface area (Å²) in [7, 11) is -4.35. The zero-order valence-electron chi connectivity index (χ0n) is 25.1. The summed E-state index contributed by atoms with van der Waals surface area (Å²) >= 11 is 0. The number of nitrogens with one attached hydrogen (secondary N) is 2. The van der Waals surface area contributed by atoms with Crippen LogP contribution in [0.2, 0.25) is 0 Å². The molecule has 1 fully saturated rings. The lowest BCUT2D eigenvalue weighted by atomic mass is 9.98. The van der Waals surface area contributed by atoms with Crippen LogP contribution in [0.4, 0.5) is 16.2 Å². The largest absolute Gasteiger partial charge is 0.462 e. The van der Waals surface area contributed by atoms with Crippen LogP contribution >= 0.6 is 7.75 Å². The smallest absolute Gasteiger partial charge is 0.459 e.